The summed E-state index contributed by atoms with van der Waals surface area (Å²) in [4.78, 5) is 0. The Morgan fingerprint density at radius 3 is 2.84 bits per heavy atom. The van der Waals surface area contributed by atoms with Gasteiger partial charge in [-0.15, -0.1) is 0 Å². The van der Waals surface area contributed by atoms with Gasteiger partial charge in [-0.2, -0.15) is 5.10 Å². The Labute approximate surface area is 113 Å². The molecular weight excluding hydrogens is 234 g/mol. The number of hydrazone groups is 1. The summed E-state index contributed by atoms with van der Waals surface area (Å²) in [5.41, 5.74) is 11.5. The standard InChI is InChI=1S/C16H17N3/c1-19-11-14-6-2-3-8-15(14)16(18-19)13-7-4-5-12(9-13)10-17/h2-9H,10-11,17H2,1H3. The van der Waals surface area contributed by atoms with E-state index in [2.05, 4.69) is 41.5 Å². The molecule has 2 N–H and O–H groups in total. The molecule has 3 heteroatoms. The topological polar surface area (TPSA) is 41.6 Å². The summed E-state index contributed by atoms with van der Waals surface area (Å²) >= 11 is 0. The molecule has 0 aliphatic carbocycles. The summed E-state index contributed by atoms with van der Waals surface area (Å²) in [7, 11) is 2.00. The molecule has 0 unspecified atom stereocenters. The molecule has 3 nitrogen and oxygen atoms in total. The van der Waals surface area contributed by atoms with E-state index < -0.39 is 0 Å². The first kappa shape index (κ1) is 11.9. The second-order valence-corrected chi connectivity index (χ2v) is 4.83. The molecule has 0 spiro atoms. The lowest BCUT2D eigenvalue weighted by Crippen LogP contribution is -2.23. The first-order chi connectivity index (χ1) is 9.28. The van der Waals surface area contributed by atoms with E-state index in [0.717, 1.165) is 23.4 Å². The molecule has 2 aromatic carbocycles. The molecule has 1 aliphatic heterocycles. The van der Waals surface area contributed by atoms with Gasteiger partial charge in [0.15, 0.2) is 0 Å². The number of nitrogens with two attached hydrogens (primary N) is 1. The average molecular weight is 251 g/mol. The lowest BCUT2D eigenvalue weighted by Gasteiger charge is -2.24. The minimum Gasteiger partial charge on any atom is -0.326 e. The molecule has 19 heavy (non-hydrogen) atoms. The van der Waals surface area contributed by atoms with E-state index in [0.29, 0.717) is 6.54 Å². The van der Waals surface area contributed by atoms with Gasteiger partial charge >= 0.3 is 0 Å². The summed E-state index contributed by atoms with van der Waals surface area (Å²) in [6, 6.07) is 16.7. The smallest absolute Gasteiger partial charge is 0.0979 e. The Morgan fingerprint density at radius 1 is 1.16 bits per heavy atom. The Kier molecular flexibility index (Phi) is 3.05. The average Bonchev–Trinajstić information content (AvgIpc) is 2.46. The van der Waals surface area contributed by atoms with Crippen LogP contribution in [-0.2, 0) is 13.1 Å². The molecule has 2 aromatic rings. The molecule has 0 fully saturated rings. The highest BCUT2D eigenvalue weighted by atomic mass is 15.4. The van der Waals surface area contributed by atoms with Crippen molar-refractivity contribution in [3.63, 3.8) is 0 Å². The highest BCUT2D eigenvalue weighted by molar-refractivity contribution is 6.14. The zero-order valence-corrected chi connectivity index (χ0v) is 11.0. The van der Waals surface area contributed by atoms with Gasteiger partial charge < -0.3 is 5.73 Å². The molecule has 3 rings (SSSR count). The number of fused-ring (bicyclic) bond motifs is 1. The zero-order valence-electron chi connectivity index (χ0n) is 11.0. The fourth-order valence-electron chi connectivity index (χ4n) is 2.45. The molecule has 1 aliphatic rings. The van der Waals surface area contributed by atoms with Crippen molar-refractivity contribution in [2.45, 2.75) is 13.1 Å². The van der Waals surface area contributed by atoms with Gasteiger partial charge in [-0.25, -0.2) is 0 Å². The summed E-state index contributed by atoms with van der Waals surface area (Å²) in [5, 5.41) is 6.66. The molecule has 96 valence electrons. The van der Waals surface area contributed by atoms with Crippen molar-refractivity contribution < 1.29 is 0 Å². The molecule has 0 saturated heterocycles. The van der Waals surface area contributed by atoms with Crippen molar-refractivity contribution in [2.24, 2.45) is 10.8 Å². The van der Waals surface area contributed by atoms with Gasteiger partial charge in [-0.1, -0.05) is 42.5 Å². The van der Waals surface area contributed by atoms with Crippen LogP contribution in [0.15, 0.2) is 53.6 Å². The summed E-state index contributed by atoms with van der Waals surface area (Å²) < 4.78 is 0. The van der Waals surface area contributed by atoms with Crippen molar-refractivity contribution >= 4 is 5.71 Å². The van der Waals surface area contributed by atoms with E-state index in [9.17, 15) is 0 Å². The highest BCUT2D eigenvalue weighted by Crippen LogP contribution is 2.22. The zero-order chi connectivity index (χ0) is 13.2. The third-order valence-electron chi connectivity index (χ3n) is 3.38. The molecule has 0 aromatic heterocycles. The van der Waals surface area contributed by atoms with Crippen LogP contribution in [0.25, 0.3) is 0 Å². The van der Waals surface area contributed by atoms with Crippen LogP contribution in [0.1, 0.15) is 22.3 Å². The minimum absolute atomic E-state index is 0.554. The van der Waals surface area contributed by atoms with Crippen molar-refractivity contribution in [1.82, 2.24) is 5.01 Å². The van der Waals surface area contributed by atoms with Crippen LogP contribution in [0.5, 0.6) is 0 Å². The predicted octanol–water partition coefficient (Wildman–Crippen LogP) is 2.34. The first-order valence-corrected chi connectivity index (χ1v) is 6.45. The van der Waals surface area contributed by atoms with E-state index in [1.165, 1.54) is 11.1 Å². The molecular formula is C16H17N3. The molecule has 0 bridgehead atoms. The lowest BCUT2D eigenvalue weighted by atomic mass is 9.95. The van der Waals surface area contributed by atoms with E-state index in [1.807, 2.05) is 24.2 Å². The Hall–Kier alpha value is -2.13. The number of nitrogens with zero attached hydrogens (tertiary/aromatic N) is 2. The van der Waals surface area contributed by atoms with E-state index >= 15 is 0 Å². The minimum atomic E-state index is 0.554. The fraction of sp³-hybridized carbons (Fsp3) is 0.188. The SMILES string of the molecule is CN1Cc2ccccc2C(c2cccc(CN)c2)=N1. The summed E-state index contributed by atoms with van der Waals surface area (Å²) in [6.45, 7) is 1.41. The quantitative estimate of drug-likeness (QED) is 0.890. The van der Waals surface area contributed by atoms with Crippen LogP contribution < -0.4 is 5.73 Å². The third kappa shape index (κ3) is 2.25. The molecule has 0 amide bonds. The second-order valence-electron chi connectivity index (χ2n) is 4.83. The van der Waals surface area contributed by atoms with Gasteiger partial charge in [-0.3, -0.25) is 5.01 Å². The van der Waals surface area contributed by atoms with Gasteiger partial charge in [0.1, 0.15) is 0 Å². The van der Waals surface area contributed by atoms with Crippen molar-refractivity contribution in [1.29, 1.82) is 0 Å². The number of hydrogen-bond donors (Lipinski definition) is 1. The van der Waals surface area contributed by atoms with E-state index in [1.54, 1.807) is 0 Å². The highest BCUT2D eigenvalue weighted by Gasteiger charge is 2.17. The molecule has 0 atom stereocenters. The van der Waals surface area contributed by atoms with Crippen LogP contribution >= 0.6 is 0 Å². The molecule has 0 saturated carbocycles. The van der Waals surface area contributed by atoms with Gasteiger partial charge in [0.25, 0.3) is 0 Å². The van der Waals surface area contributed by atoms with Crippen LogP contribution in [0, 0.1) is 0 Å². The molecule has 0 radical (unpaired) electrons. The lowest BCUT2D eigenvalue weighted by molar-refractivity contribution is 0.341. The van der Waals surface area contributed by atoms with Gasteiger partial charge in [0.2, 0.25) is 0 Å². The van der Waals surface area contributed by atoms with Crippen molar-refractivity contribution in [3.8, 4) is 0 Å². The normalized spacial score (nSPS) is 14.0. The number of benzene rings is 2. The van der Waals surface area contributed by atoms with E-state index in [4.69, 9.17) is 5.73 Å². The monoisotopic (exact) mass is 251 g/mol. The maximum atomic E-state index is 5.72. The Balaban J connectivity index is 2.12. The first-order valence-electron chi connectivity index (χ1n) is 6.45. The van der Waals surface area contributed by atoms with Crippen LogP contribution in [0.2, 0.25) is 0 Å². The third-order valence-corrected chi connectivity index (χ3v) is 3.38. The maximum Gasteiger partial charge on any atom is 0.0979 e. The largest absolute Gasteiger partial charge is 0.326 e. The van der Waals surface area contributed by atoms with Crippen LogP contribution in [0.3, 0.4) is 0 Å². The van der Waals surface area contributed by atoms with Crippen LogP contribution in [-0.4, -0.2) is 17.8 Å². The Morgan fingerprint density at radius 2 is 2.00 bits per heavy atom. The summed E-state index contributed by atoms with van der Waals surface area (Å²) in [5.74, 6) is 0. The number of hydrogen-bond acceptors (Lipinski definition) is 3. The van der Waals surface area contributed by atoms with Crippen LogP contribution in [0.4, 0.5) is 0 Å². The summed E-state index contributed by atoms with van der Waals surface area (Å²) in [6.07, 6.45) is 0. The Bertz CT molecular complexity index is 631. The van der Waals surface area contributed by atoms with Gasteiger partial charge in [0.05, 0.1) is 12.3 Å². The van der Waals surface area contributed by atoms with Gasteiger partial charge in [-0.05, 0) is 17.2 Å². The van der Waals surface area contributed by atoms with E-state index in [-0.39, 0.29) is 0 Å². The van der Waals surface area contributed by atoms with Crippen molar-refractivity contribution in [2.75, 3.05) is 7.05 Å². The second kappa shape index (κ2) is 4.86. The predicted molar refractivity (Wildman–Crippen MR) is 77.9 cm³/mol. The van der Waals surface area contributed by atoms with Gasteiger partial charge in [0, 0.05) is 24.7 Å². The number of rotatable bonds is 2. The maximum absolute atomic E-state index is 5.72. The van der Waals surface area contributed by atoms with Crippen molar-refractivity contribution in [3.05, 3.63) is 70.8 Å². The molecule has 1 heterocycles. The fourth-order valence-corrected chi connectivity index (χ4v) is 2.45.